The Morgan fingerprint density at radius 2 is 2.14 bits per heavy atom. The molecular weight excluding hydrogens is 390 g/mol. The molecule has 1 aromatic carbocycles. The van der Waals surface area contributed by atoms with Crippen LogP contribution in [0.15, 0.2) is 48.7 Å². The van der Waals surface area contributed by atoms with E-state index in [1.165, 1.54) is 12.1 Å². The van der Waals surface area contributed by atoms with Gasteiger partial charge in [-0.25, -0.2) is 0 Å². The van der Waals surface area contributed by atoms with E-state index in [0.717, 1.165) is 30.1 Å². The van der Waals surface area contributed by atoms with E-state index >= 15 is 0 Å². The van der Waals surface area contributed by atoms with Crippen LogP contribution in [0.25, 0.3) is 0 Å². The molecule has 1 aliphatic rings. The van der Waals surface area contributed by atoms with Crippen molar-refractivity contribution in [2.75, 3.05) is 35.7 Å². The van der Waals surface area contributed by atoms with Gasteiger partial charge >= 0.3 is 0 Å². The summed E-state index contributed by atoms with van der Waals surface area (Å²) in [6.45, 7) is 1.51. The molecule has 0 saturated carbocycles. The Morgan fingerprint density at radius 1 is 1.28 bits per heavy atom. The van der Waals surface area contributed by atoms with Crippen molar-refractivity contribution in [3.63, 3.8) is 0 Å². The highest BCUT2D eigenvalue weighted by Gasteiger charge is 2.25. The Balaban J connectivity index is 1.41. The van der Waals surface area contributed by atoms with Gasteiger partial charge in [-0.15, -0.1) is 15.3 Å². The lowest BCUT2D eigenvalue weighted by molar-refractivity contribution is -0.126. The van der Waals surface area contributed by atoms with Crippen LogP contribution in [0.2, 0.25) is 0 Å². The Hall–Kier alpha value is -3.11. The molecule has 3 heterocycles. The van der Waals surface area contributed by atoms with Crippen LogP contribution in [-0.2, 0) is 9.53 Å². The highest BCUT2D eigenvalue weighted by Crippen LogP contribution is 2.26. The van der Waals surface area contributed by atoms with Gasteiger partial charge in [0.15, 0.2) is 11.9 Å². The molecule has 0 spiro atoms. The summed E-state index contributed by atoms with van der Waals surface area (Å²) in [6.07, 6.45) is -0.0125. The fourth-order valence-electron chi connectivity index (χ4n) is 3.03. The predicted molar refractivity (Wildman–Crippen MR) is 111 cm³/mol. The average molecular weight is 416 g/mol. The van der Waals surface area contributed by atoms with E-state index in [4.69, 9.17) is 10.2 Å². The molecule has 29 heavy (non-hydrogen) atoms. The summed E-state index contributed by atoms with van der Waals surface area (Å²) in [6, 6.07) is 11.6. The van der Waals surface area contributed by atoms with Gasteiger partial charge in [0.05, 0.1) is 5.48 Å². The van der Waals surface area contributed by atoms with E-state index in [0.29, 0.717) is 11.7 Å². The van der Waals surface area contributed by atoms with Crippen LogP contribution in [0.3, 0.4) is 0 Å². The zero-order valence-corrected chi connectivity index (χ0v) is 16.1. The first-order chi connectivity index (χ1) is 15.7. The van der Waals surface area contributed by atoms with Crippen LogP contribution in [0.1, 0.15) is 23.5 Å². The van der Waals surface area contributed by atoms with Crippen LogP contribution < -0.4 is 15.5 Å². The summed E-state index contributed by atoms with van der Waals surface area (Å²) in [5, 5.41) is 22.3. The van der Waals surface area contributed by atoms with E-state index in [1.54, 1.807) is 24.4 Å². The number of hydrogen-bond donors (Lipinski definition) is 2. The van der Waals surface area contributed by atoms with Gasteiger partial charge in [-0.3, -0.25) is 10.1 Å². The van der Waals surface area contributed by atoms with Crippen molar-refractivity contribution in [3.8, 4) is 0 Å². The second-order valence-electron chi connectivity index (χ2n) is 6.32. The third-order valence-corrected chi connectivity index (χ3v) is 5.16. The molecule has 0 unspecified atom stereocenters. The zero-order valence-electron chi connectivity index (χ0n) is 19.3. The second kappa shape index (κ2) is 8.93. The minimum atomic E-state index is -2.96. The number of ether oxygens (including phenoxy) is 1. The Kier molecular flexibility index (Phi) is 4.56. The molecule has 9 nitrogen and oxygen atoms in total. The first-order valence-corrected chi connectivity index (χ1v) is 9.74. The summed E-state index contributed by atoms with van der Waals surface area (Å²) in [5.41, 5.74) is 0.0801. The van der Waals surface area contributed by atoms with E-state index in [1.807, 2.05) is 12.1 Å². The molecule has 2 N–H and O–H groups in total. The summed E-state index contributed by atoms with van der Waals surface area (Å²) < 4.78 is 35.5. The van der Waals surface area contributed by atoms with E-state index < -0.39 is 19.0 Å². The summed E-state index contributed by atoms with van der Waals surface area (Å²) in [7, 11) is -2.96. The largest absolute Gasteiger partial charge is 0.367 e. The monoisotopic (exact) mass is 415 g/mol. The van der Waals surface area contributed by atoms with Crippen LogP contribution in [-0.4, -0.2) is 52.5 Å². The third-order valence-electron chi connectivity index (χ3n) is 4.39. The fourth-order valence-corrected chi connectivity index (χ4v) is 3.75. The number of benzene rings is 1. The normalized spacial score (nSPS) is 20.7. The van der Waals surface area contributed by atoms with Gasteiger partial charge in [0, 0.05) is 32.4 Å². The lowest BCUT2D eigenvalue weighted by Gasteiger charge is -2.16. The van der Waals surface area contributed by atoms with Crippen LogP contribution in [0.5, 0.6) is 0 Å². The molecule has 0 bridgehead atoms. The van der Waals surface area contributed by atoms with Gasteiger partial charge in [-0.05, 0) is 24.1 Å². The Bertz CT molecular complexity index is 1090. The van der Waals surface area contributed by atoms with Gasteiger partial charge < -0.3 is 15.0 Å². The number of aromatic nitrogens is 4. The second-order valence-corrected chi connectivity index (χ2v) is 7.30. The Labute approximate surface area is 177 Å². The molecule has 1 saturated heterocycles. The zero-order chi connectivity index (χ0) is 23.5. The molecule has 0 radical (unpaired) electrons. The molecule has 2 atom stereocenters. The molecule has 10 heteroatoms. The number of anilines is 3. The number of methoxy groups -OCH3 is 1. The van der Waals surface area contributed by atoms with Crippen molar-refractivity contribution in [1.82, 2.24) is 20.4 Å². The molecule has 150 valence electrons. The molecule has 1 aliphatic heterocycles. The molecule has 1 fully saturated rings. The van der Waals surface area contributed by atoms with Gasteiger partial charge in [0.25, 0.3) is 5.91 Å². The van der Waals surface area contributed by atoms with Crippen molar-refractivity contribution in [3.05, 3.63) is 54.2 Å². The molecule has 1 amide bonds. The molecule has 0 aliphatic carbocycles. The molecule has 2 aromatic heterocycles. The van der Waals surface area contributed by atoms with Crippen LogP contribution in [0.4, 0.5) is 16.1 Å². The number of hydrogen-bond acceptors (Lipinski definition) is 9. The quantitative estimate of drug-likeness (QED) is 0.606. The first-order valence-electron chi connectivity index (χ1n) is 10.9. The lowest BCUT2D eigenvalue weighted by Crippen LogP contribution is -2.26. The highest BCUT2D eigenvalue weighted by atomic mass is 32.1. The summed E-state index contributed by atoms with van der Waals surface area (Å²) in [5.74, 6) is -0.184. The average Bonchev–Trinajstić information content (AvgIpc) is 3.43. The smallest absolute Gasteiger partial charge is 0.259 e. The topological polar surface area (TPSA) is 105 Å². The molecular formula is C19H21N7O2S. The maximum absolute atomic E-state index is 12.9. The van der Waals surface area contributed by atoms with Gasteiger partial charge in [0.2, 0.25) is 10.3 Å². The molecule has 4 rings (SSSR count). The number of nitrogens with zero attached hydrogens (tertiary/aromatic N) is 5. The number of carbonyl (C=O) groups excluding carboxylic acids is 1. The van der Waals surface area contributed by atoms with E-state index in [9.17, 15) is 4.79 Å². The van der Waals surface area contributed by atoms with Gasteiger partial charge in [-0.1, -0.05) is 41.7 Å². The van der Waals surface area contributed by atoms with Gasteiger partial charge in [-0.2, -0.15) is 5.10 Å². The number of rotatable bonds is 7. The van der Waals surface area contributed by atoms with Crippen molar-refractivity contribution >= 4 is 33.3 Å². The van der Waals surface area contributed by atoms with Crippen LogP contribution in [0, 0.1) is 0 Å². The molecule has 3 aromatic rings. The summed E-state index contributed by atoms with van der Waals surface area (Å²) in [4.78, 5) is 15.0. The van der Waals surface area contributed by atoms with Crippen molar-refractivity contribution in [1.29, 1.82) is 0 Å². The third kappa shape index (κ3) is 4.66. The van der Waals surface area contributed by atoms with E-state index in [-0.39, 0.29) is 16.7 Å². The maximum Gasteiger partial charge on any atom is 0.259 e. The van der Waals surface area contributed by atoms with Crippen molar-refractivity contribution < 1.29 is 15.0 Å². The summed E-state index contributed by atoms with van der Waals surface area (Å²) >= 11 is 1.08. The predicted octanol–water partition coefficient (Wildman–Crippen LogP) is 2.35. The number of amides is 1. The minimum Gasteiger partial charge on any atom is -0.367 e. The van der Waals surface area contributed by atoms with Crippen molar-refractivity contribution in [2.24, 2.45) is 0 Å². The SMILES string of the molecule is [2H]C([2H])([2H])O[C@@]([2H])(C(=O)Nc1nnc(N[C@@H]2CCN(c3cccnn3)C2)s1)c1ccccc1. The lowest BCUT2D eigenvalue weighted by atomic mass is 10.1. The minimum absolute atomic E-state index is 0.0801. The number of nitrogens with one attached hydrogen (secondary N) is 2. The van der Waals surface area contributed by atoms with E-state index in [2.05, 4.69) is 35.9 Å². The first kappa shape index (κ1) is 14.8. The van der Waals surface area contributed by atoms with Gasteiger partial charge in [0.1, 0.15) is 0 Å². The highest BCUT2D eigenvalue weighted by molar-refractivity contribution is 7.19. The fraction of sp³-hybridized carbons (Fsp3) is 0.316. The van der Waals surface area contributed by atoms with Crippen molar-refractivity contribution in [2.45, 2.75) is 18.5 Å². The van der Waals surface area contributed by atoms with Crippen LogP contribution >= 0.6 is 11.3 Å². The standard InChI is InChI=1S/C19H21N7O2S/c1-28-16(13-6-3-2-4-7-13)17(27)22-19-25-24-18(29-19)21-14-9-11-26(12-14)15-8-5-10-20-23-15/h2-8,10,14,16H,9,11-12H2,1H3,(H,21,24)(H,22,25,27)/t14-,16-/m1/s1/i1D3,16D. The number of carbonyl (C=O) groups is 1. The Morgan fingerprint density at radius 3 is 2.93 bits per heavy atom. The maximum atomic E-state index is 12.9.